The van der Waals surface area contributed by atoms with Gasteiger partial charge in [-0.2, -0.15) is 0 Å². The second-order valence-corrected chi connectivity index (χ2v) is 6.27. The number of carbonyl (C=O) groups is 1. The molecule has 2 aliphatic heterocycles. The van der Waals surface area contributed by atoms with Gasteiger partial charge in [0, 0.05) is 12.1 Å². The highest BCUT2D eigenvalue weighted by Gasteiger charge is 2.32. The zero-order valence-electron chi connectivity index (χ0n) is 14.2. The third-order valence-electron chi connectivity index (χ3n) is 4.77. The molecule has 0 spiro atoms. The Labute approximate surface area is 147 Å². The van der Waals surface area contributed by atoms with Gasteiger partial charge in [0.2, 0.25) is 5.75 Å². The lowest BCUT2D eigenvalue weighted by Crippen LogP contribution is -2.30. The van der Waals surface area contributed by atoms with Crippen LogP contribution in [0.1, 0.15) is 34.8 Å². The minimum Gasteiger partial charge on any atom is -0.493 e. The summed E-state index contributed by atoms with van der Waals surface area (Å²) in [5.74, 6) is 1.69. The molecule has 2 heterocycles. The van der Waals surface area contributed by atoms with E-state index in [2.05, 4.69) is 12.1 Å². The highest BCUT2D eigenvalue weighted by Crippen LogP contribution is 2.41. The zero-order chi connectivity index (χ0) is 17.2. The fourth-order valence-electron chi connectivity index (χ4n) is 3.59. The maximum absolute atomic E-state index is 13.2. The van der Waals surface area contributed by atoms with Crippen LogP contribution in [0.25, 0.3) is 0 Å². The number of methoxy groups -OCH3 is 1. The SMILES string of the molecule is COc1cc(C(=O)N2CCCC2c2ccccc2)cc2c1OCCO2. The van der Waals surface area contributed by atoms with Gasteiger partial charge in [-0.3, -0.25) is 4.79 Å². The largest absolute Gasteiger partial charge is 0.493 e. The standard InChI is InChI=1S/C20H21NO4/c1-23-17-12-15(13-18-19(17)25-11-10-24-18)20(22)21-9-5-8-16(21)14-6-3-2-4-7-14/h2-4,6-7,12-13,16H,5,8-11H2,1H3. The zero-order valence-corrected chi connectivity index (χ0v) is 14.2. The van der Waals surface area contributed by atoms with E-state index in [0.717, 1.165) is 19.4 Å². The number of nitrogens with zero attached hydrogens (tertiary/aromatic N) is 1. The van der Waals surface area contributed by atoms with Gasteiger partial charge in [0.1, 0.15) is 13.2 Å². The second kappa shape index (κ2) is 6.67. The minimum absolute atomic E-state index is 0.00151. The van der Waals surface area contributed by atoms with Crippen molar-refractivity contribution in [3.63, 3.8) is 0 Å². The number of amides is 1. The van der Waals surface area contributed by atoms with E-state index in [-0.39, 0.29) is 11.9 Å². The maximum atomic E-state index is 13.2. The van der Waals surface area contributed by atoms with Crippen LogP contribution in [0.2, 0.25) is 0 Å². The van der Waals surface area contributed by atoms with E-state index in [0.29, 0.717) is 36.0 Å². The van der Waals surface area contributed by atoms with Crippen LogP contribution in [-0.4, -0.2) is 37.7 Å². The summed E-state index contributed by atoms with van der Waals surface area (Å²) in [4.78, 5) is 15.1. The molecular formula is C20H21NO4. The van der Waals surface area contributed by atoms with Gasteiger partial charge in [-0.1, -0.05) is 30.3 Å². The topological polar surface area (TPSA) is 48.0 Å². The number of hydrogen-bond donors (Lipinski definition) is 0. The van der Waals surface area contributed by atoms with E-state index >= 15 is 0 Å². The van der Waals surface area contributed by atoms with Gasteiger partial charge >= 0.3 is 0 Å². The van der Waals surface area contributed by atoms with Crippen LogP contribution in [-0.2, 0) is 0 Å². The Hall–Kier alpha value is -2.69. The molecule has 0 bridgehead atoms. The van der Waals surface area contributed by atoms with Gasteiger partial charge in [0.05, 0.1) is 13.2 Å². The lowest BCUT2D eigenvalue weighted by atomic mass is 10.0. The number of benzene rings is 2. The molecule has 1 unspecified atom stereocenters. The van der Waals surface area contributed by atoms with Crippen molar-refractivity contribution in [3.8, 4) is 17.2 Å². The fourth-order valence-corrected chi connectivity index (χ4v) is 3.59. The molecule has 25 heavy (non-hydrogen) atoms. The van der Waals surface area contributed by atoms with E-state index in [1.807, 2.05) is 23.1 Å². The van der Waals surface area contributed by atoms with Gasteiger partial charge in [0.25, 0.3) is 5.91 Å². The Morgan fingerprint density at radius 2 is 1.96 bits per heavy atom. The number of hydrogen-bond acceptors (Lipinski definition) is 4. The van der Waals surface area contributed by atoms with Gasteiger partial charge in [-0.05, 0) is 30.5 Å². The lowest BCUT2D eigenvalue weighted by molar-refractivity contribution is 0.0734. The van der Waals surface area contributed by atoms with Crippen molar-refractivity contribution in [2.45, 2.75) is 18.9 Å². The van der Waals surface area contributed by atoms with Crippen molar-refractivity contribution in [2.75, 3.05) is 26.9 Å². The average molecular weight is 339 g/mol. The molecule has 2 aromatic carbocycles. The normalized spacial score (nSPS) is 18.9. The Bertz CT molecular complexity index is 758. The molecule has 1 fully saturated rings. The van der Waals surface area contributed by atoms with Crippen LogP contribution in [0, 0.1) is 0 Å². The summed E-state index contributed by atoms with van der Waals surface area (Å²) in [5, 5.41) is 0. The van der Waals surface area contributed by atoms with Crippen LogP contribution >= 0.6 is 0 Å². The number of rotatable bonds is 3. The van der Waals surface area contributed by atoms with Crippen LogP contribution in [0.3, 0.4) is 0 Å². The second-order valence-electron chi connectivity index (χ2n) is 6.27. The molecule has 2 aromatic rings. The number of fused-ring (bicyclic) bond motifs is 1. The quantitative estimate of drug-likeness (QED) is 0.859. The Kier molecular flexibility index (Phi) is 4.22. The summed E-state index contributed by atoms with van der Waals surface area (Å²) in [6.07, 6.45) is 1.99. The first-order valence-corrected chi connectivity index (χ1v) is 8.61. The van der Waals surface area contributed by atoms with Crippen LogP contribution < -0.4 is 14.2 Å². The van der Waals surface area contributed by atoms with E-state index in [4.69, 9.17) is 14.2 Å². The molecular weight excluding hydrogens is 318 g/mol. The number of carbonyl (C=O) groups excluding carboxylic acids is 1. The lowest BCUT2D eigenvalue weighted by Gasteiger charge is -2.26. The number of likely N-dealkylation sites (tertiary alicyclic amines) is 1. The average Bonchev–Trinajstić information content (AvgIpc) is 3.17. The van der Waals surface area contributed by atoms with Gasteiger partial charge < -0.3 is 19.1 Å². The summed E-state index contributed by atoms with van der Waals surface area (Å²) in [6.45, 7) is 1.72. The Morgan fingerprint density at radius 1 is 1.16 bits per heavy atom. The molecule has 5 heteroatoms. The minimum atomic E-state index is 0.00151. The molecule has 0 saturated carbocycles. The third-order valence-corrected chi connectivity index (χ3v) is 4.77. The first kappa shape index (κ1) is 15.8. The third kappa shape index (κ3) is 2.90. The summed E-state index contributed by atoms with van der Waals surface area (Å²) in [6, 6.07) is 13.8. The molecule has 2 aliphatic rings. The monoisotopic (exact) mass is 339 g/mol. The van der Waals surface area contributed by atoms with Gasteiger partial charge in [0.15, 0.2) is 11.5 Å². The summed E-state index contributed by atoms with van der Waals surface area (Å²) >= 11 is 0. The maximum Gasteiger partial charge on any atom is 0.254 e. The first-order chi connectivity index (χ1) is 12.3. The van der Waals surface area contributed by atoms with Crippen molar-refractivity contribution in [1.82, 2.24) is 4.90 Å². The smallest absolute Gasteiger partial charge is 0.254 e. The van der Waals surface area contributed by atoms with Crippen LogP contribution in [0.4, 0.5) is 0 Å². The molecule has 1 atom stereocenters. The first-order valence-electron chi connectivity index (χ1n) is 8.61. The molecule has 4 rings (SSSR count). The highest BCUT2D eigenvalue weighted by atomic mass is 16.6. The van der Waals surface area contributed by atoms with Crippen LogP contribution in [0.15, 0.2) is 42.5 Å². The van der Waals surface area contributed by atoms with Gasteiger partial charge in [-0.25, -0.2) is 0 Å². The number of ether oxygens (including phenoxy) is 3. The Balaban J connectivity index is 1.66. The molecule has 0 radical (unpaired) electrons. The molecule has 0 aromatic heterocycles. The molecule has 1 saturated heterocycles. The van der Waals surface area contributed by atoms with Crippen molar-refractivity contribution in [3.05, 3.63) is 53.6 Å². The molecule has 1 amide bonds. The van der Waals surface area contributed by atoms with E-state index < -0.39 is 0 Å². The molecule has 130 valence electrons. The summed E-state index contributed by atoms with van der Waals surface area (Å²) in [7, 11) is 1.57. The van der Waals surface area contributed by atoms with Crippen molar-refractivity contribution in [1.29, 1.82) is 0 Å². The van der Waals surface area contributed by atoms with Crippen molar-refractivity contribution >= 4 is 5.91 Å². The highest BCUT2D eigenvalue weighted by molar-refractivity contribution is 5.96. The van der Waals surface area contributed by atoms with Gasteiger partial charge in [-0.15, -0.1) is 0 Å². The van der Waals surface area contributed by atoms with Crippen molar-refractivity contribution in [2.24, 2.45) is 0 Å². The predicted molar refractivity (Wildman–Crippen MR) is 93.4 cm³/mol. The molecule has 0 aliphatic carbocycles. The van der Waals surface area contributed by atoms with E-state index in [9.17, 15) is 4.79 Å². The molecule has 0 N–H and O–H groups in total. The predicted octanol–water partition coefficient (Wildman–Crippen LogP) is 3.44. The van der Waals surface area contributed by atoms with Crippen LogP contribution in [0.5, 0.6) is 17.2 Å². The Morgan fingerprint density at radius 3 is 2.76 bits per heavy atom. The van der Waals surface area contributed by atoms with E-state index in [1.165, 1.54) is 5.56 Å². The van der Waals surface area contributed by atoms with Crippen molar-refractivity contribution < 1.29 is 19.0 Å². The summed E-state index contributed by atoms with van der Waals surface area (Å²) in [5.41, 5.74) is 1.75. The fraction of sp³-hybridized carbons (Fsp3) is 0.350. The molecule has 5 nitrogen and oxygen atoms in total. The van der Waals surface area contributed by atoms with E-state index in [1.54, 1.807) is 19.2 Å². The summed E-state index contributed by atoms with van der Waals surface area (Å²) < 4.78 is 16.7.